The molecule has 1 rings (SSSR count). The molecule has 0 saturated heterocycles. The van der Waals surface area contributed by atoms with Crippen LogP contribution in [0.2, 0.25) is 5.02 Å². The second-order valence-corrected chi connectivity index (χ2v) is 3.79. The molecule has 0 heterocycles. The standard InChI is InChI=1S/C11H9ClF3N3/c12-10-5-4-8(3-1-2-6-17-18-16)7-9(10)11(13,14)15/h1,3-5,7H,2,6H2. The number of rotatable bonds is 4. The van der Waals surface area contributed by atoms with Crippen LogP contribution in [0.5, 0.6) is 0 Å². The number of benzene rings is 1. The molecule has 0 aliphatic carbocycles. The number of halogens is 4. The molecule has 1 aromatic carbocycles. The summed E-state index contributed by atoms with van der Waals surface area (Å²) >= 11 is 5.48. The third-order valence-electron chi connectivity index (χ3n) is 2.07. The molecule has 0 saturated carbocycles. The molecule has 0 radical (unpaired) electrons. The van der Waals surface area contributed by atoms with Gasteiger partial charge in [0.05, 0.1) is 10.6 Å². The summed E-state index contributed by atoms with van der Waals surface area (Å²) in [7, 11) is 0. The van der Waals surface area contributed by atoms with Crippen LogP contribution in [0.3, 0.4) is 0 Å². The zero-order chi connectivity index (χ0) is 13.6. The molecule has 18 heavy (non-hydrogen) atoms. The van der Waals surface area contributed by atoms with Crippen molar-refractivity contribution in [2.75, 3.05) is 6.54 Å². The lowest BCUT2D eigenvalue weighted by molar-refractivity contribution is -0.137. The van der Waals surface area contributed by atoms with Gasteiger partial charge in [-0.2, -0.15) is 13.2 Å². The second kappa shape index (κ2) is 6.33. The number of alkyl halides is 3. The average Bonchev–Trinajstić information content (AvgIpc) is 2.29. The van der Waals surface area contributed by atoms with Crippen molar-refractivity contribution in [3.63, 3.8) is 0 Å². The lowest BCUT2D eigenvalue weighted by Gasteiger charge is -2.09. The predicted molar refractivity (Wildman–Crippen MR) is 64.1 cm³/mol. The summed E-state index contributed by atoms with van der Waals surface area (Å²) in [4.78, 5) is 2.56. The minimum atomic E-state index is -4.47. The van der Waals surface area contributed by atoms with E-state index >= 15 is 0 Å². The van der Waals surface area contributed by atoms with Crippen LogP contribution < -0.4 is 0 Å². The normalized spacial score (nSPS) is 11.6. The summed E-state index contributed by atoms with van der Waals surface area (Å²) in [6.07, 6.45) is -0.837. The van der Waals surface area contributed by atoms with Crippen molar-refractivity contribution < 1.29 is 13.2 Å². The van der Waals surface area contributed by atoms with E-state index in [1.54, 1.807) is 6.08 Å². The fourth-order valence-electron chi connectivity index (χ4n) is 1.26. The molecule has 0 atom stereocenters. The van der Waals surface area contributed by atoms with E-state index in [0.717, 1.165) is 6.07 Å². The highest BCUT2D eigenvalue weighted by atomic mass is 35.5. The van der Waals surface area contributed by atoms with Crippen molar-refractivity contribution >= 4 is 17.7 Å². The van der Waals surface area contributed by atoms with Crippen LogP contribution in [0.4, 0.5) is 13.2 Å². The summed E-state index contributed by atoms with van der Waals surface area (Å²) in [6, 6.07) is 3.67. The fraction of sp³-hybridized carbons (Fsp3) is 0.273. The van der Waals surface area contributed by atoms with Crippen molar-refractivity contribution in [1.29, 1.82) is 0 Å². The monoisotopic (exact) mass is 275 g/mol. The van der Waals surface area contributed by atoms with Gasteiger partial charge in [-0.05, 0) is 29.6 Å². The summed E-state index contributed by atoms with van der Waals surface area (Å²) in [5.41, 5.74) is 7.57. The van der Waals surface area contributed by atoms with Crippen LogP contribution in [-0.2, 0) is 6.18 Å². The van der Waals surface area contributed by atoms with E-state index in [9.17, 15) is 13.2 Å². The highest BCUT2D eigenvalue weighted by Crippen LogP contribution is 2.35. The van der Waals surface area contributed by atoms with E-state index in [0.29, 0.717) is 12.0 Å². The van der Waals surface area contributed by atoms with Gasteiger partial charge in [-0.1, -0.05) is 34.9 Å². The van der Waals surface area contributed by atoms with E-state index < -0.39 is 11.7 Å². The number of azide groups is 1. The van der Waals surface area contributed by atoms with Gasteiger partial charge in [0.2, 0.25) is 0 Å². The highest BCUT2D eigenvalue weighted by Gasteiger charge is 2.33. The van der Waals surface area contributed by atoms with Crippen molar-refractivity contribution in [2.45, 2.75) is 12.6 Å². The van der Waals surface area contributed by atoms with Gasteiger partial charge in [0.1, 0.15) is 0 Å². The van der Waals surface area contributed by atoms with Crippen LogP contribution in [0.1, 0.15) is 17.5 Å². The lowest BCUT2D eigenvalue weighted by Crippen LogP contribution is -2.05. The Labute approximate surface area is 107 Å². The van der Waals surface area contributed by atoms with Crippen LogP contribution in [0, 0.1) is 0 Å². The Balaban J connectivity index is 2.82. The largest absolute Gasteiger partial charge is 0.417 e. The smallest absolute Gasteiger partial charge is 0.166 e. The zero-order valence-corrected chi connectivity index (χ0v) is 9.91. The van der Waals surface area contributed by atoms with Crippen molar-refractivity contribution in [3.05, 3.63) is 50.9 Å². The maximum absolute atomic E-state index is 12.6. The van der Waals surface area contributed by atoms with Crippen LogP contribution in [-0.4, -0.2) is 6.54 Å². The molecule has 0 aliphatic rings. The molecule has 0 spiro atoms. The topological polar surface area (TPSA) is 48.8 Å². The molecule has 0 aliphatic heterocycles. The molecule has 3 nitrogen and oxygen atoms in total. The summed E-state index contributed by atoms with van der Waals surface area (Å²) < 4.78 is 37.7. The molecule has 0 N–H and O–H groups in total. The summed E-state index contributed by atoms with van der Waals surface area (Å²) in [6.45, 7) is 0.271. The molecule has 0 amide bonds. The average molecular weight is 276 g/mol. The molecule has 0 fully saturated rings. The number of hydrogen-bond acceptors (Lipinski definition) is 1. The molecule has 7 heteroatoms. The van der Waals surface area contributed by atoms with Gasteiger partial charge >= 0.3 is 6.18 Å². The minimum Gasteiger partial charge on any atom is -0.166 e. The number of nitrogens with zero attached hydrogens (tertiary/aromatic N) is 3. The lowest BCUT2D eigenvalue weighted by atomic mass is 10.1. The van der Waals surface area contributed by atoms with Gasteiger partial charge in [0, 0.05) is 11.5 Å². The molecule has 0 unspecified atom stereocenters. The van der Waals surface area contributed by atoms with E-state index in [2.05, 4.69) is 10.0 Å². The maximum atomic E-state index is 12.6. The first-order valence-corrected chi connectivity index (χ1v) is 5.37. The Morgan fingerprint density at radius 3 is 2.72 bits per heavy atom. The van der Waals surface area contributed by atoms with Crippen molar-refractivity contribution in [3.8, 4) is 0 Å². The Hall–Kier alpha value is -1.65. The van der Waals surface area contributed by atoms with E-state index in [-0.39, 0.29) is 11.6 Å². The van der Waals surface area contributed by atoms with Gasteiger partial charge in [-0.25, -0.2) is 0 Å². The molecule has 0 bridgehead atoms. The van der Waals surface area contributed by atoms with E-state index in [4.69, 9.17) is 17.1 Å². The third kappa shape index (κ3) is 4.31. The Bertz CT molecular complexity index is 491. The molecule has 0 aromatic heterocycles. The quantitative estimate of drug-likeness (QED) is 0.319. The molecule has 96 valence electrons. The Morgan fingerprint density at radius 1 is 1.39 bits per heavy atom. The first kappa shape index (κ1) is 14.4. The molecular formula is C11H9ClF3N3. The van der Waals surface area contributed by atoms with Crippen LogP contribution in [0.15, 0.2) is 29.4 Å². The van der Waals surface area contributed by atoms with Gasteiger partial charge in [-0.3, -0.25) is 0 Å². The van der Waals surface area contributed by atoms with Gasteiger partial charge in [0.15, 0.2) is 0 Å². The van der Waals surface area contributed by atoms with Crippen molar-refractivity contribution in [1.82, 2.24) is 0 Å². The first-order chi connectivity index (χ1) is 8.45. The van der Waals surface area contributed by atoms with Gasteiger partial charge in [0.25, 0.3) is 0 Å². The van der Waals surface area contributed by atoms with Crippen LogP contribution in [0.25, 0.3) is 16.5 Å². The van der Waals surface area contributed by atoms with Crippen molar-refractivity contribution in [2.24, 2.45) is 5.11 Å². The maximum Gasteiger partial charge on any atom is 0.417 e. The van der Waals surface area contributed by atoms with Crippen LogP contribution >= 0.6 is 11.6 Å². The summed E-state index contributed by atoms with van der Waals surface area (Å²) in [5, 5.41) is 2.98. The van der Waals surface area contributed by atoms with E-state index in [1.807, 2.05) is 0 Å². The third-order valence-corrected chi connectivity index (χ3v) is 2.39. The SMILES string of the molecule is [N-]=[N+]=NCCC=Cc1ccc(Cl)c(C(F)(F)F)c1. The Morgan fingerprint density at radius 2 is 2.11 bits per heavy atom. The fourth-order valence-corrected chi connectivity index (χ4v) is 1.48. The second-order valence-electron chi connectivity index (χ2n) is 3.38. The Kier molecular flexibility index (Phi) is 5.07. The van der Waals surface area contributed by atoms with E-state index in [1.165, 1.54) is 18.2 Å². The molecule has 1 aromatic rings. The summed E-state index contributed by atoms with van der Waals surface area (Å²) in [5.74, 6) is 0. The number of hydrogen-bond donors (Lipinski definition) is 0. The van der Waals surface area contributed by atoms with Gasteiger partial charge < -0.3 is 0 Å². The minimum absolute atomic E-state index is 0.271. The molecular weight excluding hydrogens is 267 g/mol. The highest BCUT2D eigenvalue weighted by molar-refractivity contribution is 6.31. The first-order valence-electron chi connectivity index (χ1n) is 4.99. The predicted octanol–water partition coefficient (Wildman–Crippen LogP) is 5.07. The van der Waals surface area contributed by atoms with Gasteiger partial charge in [-0.15, -0.1) is 0 Å². The zero-order valence-electron chi connectivity index (χ0n) is 9.15.